The van der Waals surface area contributed by atoms with Crippen LogP contribution in [0.5, 0.6) is 0 Å². The van der Waals surface area contributed by atoms with Gasteiger partial charge in [0.05, 0.1) is 17.7 Å². The number of nitrogens with one attached hydrogen (secondary N) is 1. The Hall–Kier alpha value is -1.90. The van der Waals surface area contributed by atoms with Crippen LogP contribution in [0.15, 0.2) is 29.2 Å². The molecule has 2 amide bonds. The van der Waals surface area contributed by atoms with Gasteiger partial charge in [-0.05, 0) is 17.0 Å². The van der Waals surface area contributed by atoms with E-state index in [0.29, 0.717) is 32.7 Å². The third-order valence-corrected chi connectivity index (χ3v) is 6.01. The van der Waals surface area contributed by atoms with Gasteiger partial charge in [-0.2, -0.15) is 16.4 Å². The van der Waals surface area contributed by atoms with E-state index < -0.39 is 0 Å². The molecular formula is C18H24ClN5O2S. The zero-order valence-corrected chi connectivity index (χ0v) is 16.8. The van der Waals surface area contributed by atoms with Crippen LogP contribution in [0.1, 0.15) is 21.8 Å². The minimum Gasteiger partial charge on any atom is -0.339 e. The van der Waals surface area contributed by atoms with E-state index in [1.165, 1.54) is 11.3 Å². The Morgan fingerprint density at radius 2 is 1.93 bits per heavy atom. The third-order valence-electron chi connectivity index (χ3n) is 5.33. The Kier molecular flexibility index (Phi) is 6.18. The van der Waals surface area contributed by atoms with E-state index in [1.807, 2.05) is 46.1 Å². The molecule has 7 nitrogen and oxygen atoms in total. The lowest BCUT2D eigenvalue weighted by molar-refractivity contribution is -0.136. The van der Waals surface area contributed by atoms with Crippen LogP contribution in [0.3, 0.4) is 0 Å². The molecule has 4 rings (SSSR count). The standard InChI is InChI=1S/C18H23N5O2S.ClH/c1-21-11-14(8-20-21)15-9-19-10-16(15)18(25)23-5-3-22(4-6-23)17(24)13-2-7-26-12-13;/h2,7-8,11-12,15-16,19H,3-6,9-10H2,1H3;1H/t15-,16+;/m1./s1. The predicted octanol–water partition coefficient (Wildman–Crippen LogP) is 1.19. The molecule has 4 heterocycles. The monoisotopic (exact) mass is 409 g/mol. The highest BCUT2D eigenvalue weighted by Crippen LogP contribution is 2.29. The fourth-order valence-corrected chi connectivity index (χ4v) is 4.48. The van der Waals surface area contributed by atoms with E-state index in [2.05, 4.69) is 10.4 Å². The van der Waals surface area contributed by atoms with Crippen LogP contribution in [0, 0.1) is 5.92 Å². The average molecular weight is 410 g/mol. The summed E-state index contributed by atoms with van der Waals surface area (Å²) in [6.07, 6.45) is 3.85. The van der Waals surface area contributed by atoms with Crippen molar-refractivity contribution in [2.75, 3.05) is 39.3 Å². The maximum atomic E-state index is 13.1. The van der Waals surface area contributed by atoms with Gasteiger partial charge in [-0.15, -0.1) is 12.4 Å². The van der Waals surface area contributed by atoms with Crippen molar-refractivity contribution in [1.29, 1.82) is 0 Å². The van der Waals surface area contributed by atoms with Crippen molar-refractivity contribution in [3.63, 3.8) is 0 Å². The van der Waals surface area contributed by atoms with Crippen LogP contribution in [0.4, 0.5) is 0 Å². The molecule has 2 saturated heterocycles. The molecule has 2 fully saturated rings. The summed E-state index contributed by atoms with van der Waals surface area (Å²) in [6, 6.07) is 1.85. The number of carbonyl (C=O) groups excluding carboxylic acids is 2. The number of thiophene rings is 1. The predicted molar refractivity (Wildman–Crippen MR) is 106 cm³/mol. The first kappa shape index (κ1) is 19.9. The zero-order chi connectivity index (χ0) is 18.1. The topological polar surface area (TPSA) is 70.5 Å². The summed E-state index contributed by atoms with van der Waals surface area (Å²) in [4.78, 5) is 29.3. The lowest BCUT2D eigenvalue weighted by atomic mass is 9.89. The third kappa shape index (κ3) is 4.02. The number of hydrogen-bond donors (Lipinski definition) is 1. The Bertz CT molecular complexity index is 786. The maximum absolute atomic E-state index is 13.1. The number of nitrogens with zero attached hydrogens (tertiary/aromatic N) is 4. The summed E-state index contributed by atoms with van der Waals surface area (Å²) >= 11 is 1.53. The van der Waals surface area contributed by atoms with Gasteiger partial charge in [-0.1, -0.05) is 0 Å². The SMILES string of the molecule is Cl.Cn1cc([C@H]2CNC[C@@H]2C(=O)N2CCN(C(=O)c3ccsc3)CC2)cn1. The molecule has 0 aliphatic carbocycles. The molecule has 0 bridgehead atoms. The minimum atomic E-state index is -0.0571. The van der Waals surface area contributed by atoms with Gasteiger partial charge in [-0.25, -0.2) is 0 Å². The summed E-state index contributed by atoms with van der Waals surface area (Å²) in [5.74, 6) is 0.362. The van der Waals surface area contributed by atoms with Crippen molar-refractivity contribution >= 4 is 35.6 Å². The molecule has 2 atom stereocenters. The number of halogens is 1. The van der Waals surface area contributed by atoms with Gasteiger partial charge >= 0.3 is 0 Å². The molecule has 0 radical (unpaired) electrons. The molecule has 2 aromatic heterocycles. The highest BCUT2D eigenvalue weighted by molar-refractivity contribution is 7.08. The van der Waals surface area contributed by atoms with Crippen LogP contribution in [0.2, 0.25) is 0 Å². The van der Waals surface area contributed by atoms with E-state index in [4.69, 9.17) is 0 Å². The summed E-state index contributed by atoms with van der Waals surface area (Å²) < 4.78 is 1.78. The largest absolute Gasteiger partial charge is 0.339 e. The smallest absolute Gasteiger partial charge is 0.254 e. The number of amides is 2. The Balaban J connectivity index is 0.00000210. The first-order valence-electron chi connectivity index (χ1n) is 8.93. The quantitative estimate of drug-likeness (QED) is 0.826. The normalized spacial score (nSPS) is 22.6. The lowest BCUT2D eigenvalue weighted by Crippen LogP contribution is -2.52. The van der Waals surface area contributed by atoms with Crippen molar-refractivity contribution < 1.29 is 9.59 Å². The molecule has 0 aromatic carbocycles. The molecule has 0 saturated carbocycles. The van der Waals surface area contributed by atoms with E-state index in [0.717, 1.165) is 17.7 Å². The second kappa shape index (κ2) is 8.41. The summed E-state index contributed by atoms with van der Waals surface area (Å²) in [5, 5.41) is 11.4. The van der Waals surface area contributed by atoms with Gasteiger partial charge in [0, 0.05) is 63.8 Å². The van der Waals surface area contributed by atoms with Crippen molar-refractivity contribution in [3.05, 3.63) is 40.3 Å². The van der Waals surface area contributed by atoms with Crippen LogP contribution >= 0.6 is 23.7 Å². The fraction of sp³-hybridized carbons (Fsp3) is 0.500. The van der Waals surface area contributed by atoms with E-state index >= 15 is 0 Å². The zero-order valence-electron chi connectivity index (χ0n) is 15.2. The van der Waals surface area contributed by atoms with Gasteiger partial charge in [0.1, 0.15) is 0 Å². The van der Waals surface area contributed by atoms with Crippen LogP contribution < -0.4 is 5.32 Å². The van der Waals surface area contributed by atoms with E-state index in [1.54, 1.807) is 4.68 Å². The first-order valence-corrected chi connectivity index (χ1v) is 9.87. The van der Waals surface area contributed by atoms with Crippen LogP contribution in [-0.2, 0) is 11.8 Å². The highest BCUT2D eigenvalue weighted by Gasteiger charge is 2.38. The molecule has 2 aliphatic heterocycles. The fourth-order valence-electron chi connectivity index (χ4n) is 3.85. The second-order valence-corrected chi connectivity index (χ2v) is 7.73. The Labute approximate surface area is 168 Å². The second-order valence-electron chi connectivity index (χ2n) is 6.95. The van der Waals surface area contributed by atoms with Gasteiger partial charge in [0.2, 0.25) is 5.91 Å². The molecular weight excluding hydrogens is 386 g/mol. The van der Waals surface area contributed by atoms with Gasteiger partial charge < -0.3 is 15.1 Å². The number of hydrogen-bond acceptors (Lipinski definition) is 5. The molecule has 146 valence electrons. The van der Waals surface area contributed by atoms with Crippen molar-refractivity contribution in [1.82, 2.24) is 24.9 Å². The molecule has 1 N–H and O–H groups in total. The molecule has 2 aliphatic rings. The Morgan fingerprint density at radius 3 is 2.56 bits per heavy atom. The van der Waals surface area contributed by atoms with Crippen LogP contribution in [0.25, 0.3) is 0 Å². The van der Waals surface area contributed by atoms with E-state index in [-0.39, 0.29) is 36.1 Å². The molecule has 9 heteroatoms. The van der Waals surface area contributed by atoms with Gasteiger partial charge in [-0.3, -0.25) is 14.3 Å². The minimum absolute atomic E-state index is 0. The number of piperazine rings is 1. The highest BCUT2D eigenvalue weighted by atomic mass is 35.5. The van der Waals surface area contributed by atoms with Gasteiger partial charge in [0.25, 0.3) is 5.91 Å². The van der Waals surface area contributed by atoms with E-state index in [9.17, 15) is 9.59 Å². The maximum Gasteiger partial charge on any atom is 0.254 e. The van der Waals surface area contributed by atoms with Crippen molar-refractivity contribution in [2.45, 2.75) is 5.92 Å². The summed E-state index contributed by atoms with van der Waals surface area (Å²) in [7, 11) is 1.90. The summed E-state index contributed by atoms with van der Waals surface area (Å²) in [5.41, 5.74) is 1.86. The number of aromatic nitrogens is 2. The van der Waals surface area contributed by atoms with Crippen molar-refractivity contribution in [3.8, 4) is 0 Å². The Morgan fingerprint density at radius 1 is 1.19 bits per heavy atom. The van der Waals surface area contributed by atoms with Crippen molar-refractivity contribution in [2.24, 2.45) is 13.0 Å². The average Bonchev–Trinajstić information content (AvgIpc) is 3.41. The van der Waals surface area contributed by atoms with Gasteiger partial charge in [0.15, 0.2) is 0 Å². The molecule has 0 unspecified atom stereocenters. The summed E-state index contributed by atoms with van der Waals surface area (Å²) in [6.45, 7) is 3.90. The lowest BCUT2D eigenvalue weighted by Gasteiger charge is -2.36. The van der Waals surface area contributed by atoms with Crippen LogP contribution in [-0.4, -0.2) is 70.7 Å². The number of aryl methyl sites for hydroxylation is 1. The molecule has 2 aromatic rings. The number of carbonyl (C=O) groups is 2. The number of rotatable bonds is 3. The first-order chi connectivity index (χ1) is 12.6. The molecule has 0 spiro atoms. The molecule has 27 heavy (non-hydrogen) atoms.